The summed E-state index contributed by atoms with van der Waals surface area (Å²) in [7, 11) is 0. The highest BCUT2D eigenvalue weighted by atomic mass is 35.5. The van der Waals surface area contributed by atoms with Crippen molar-refractivity contribution in [3.63, 3.8) is 0 Å². The van der Waals surface area contributed by atoms with Crippen molar-refractivity contribution in [2.24, 2.45) is 0 Å². The second-order valence-corrected chi connectivity index (χ2v) is 8.07. The van der Waals surface area contributed by atoms with E-state index in [9.17, 15) is 9.59 Å². The molecule has 0 fully saturated rings. The van der Waals surface area contributed by atoms with Crippen molar-refractivity contribution in [2.45, 2.75) is 59.7 Å². The van der Waals surface area contributed by atoms with E-state index in [0.717, 1.165) is 23.1 Å². The van der Waals surface area contributed by atoms with E-state index in [2.05, 4.69) is 5.32 Å². The van der Waals surface area contributed by atoms with Crippen LogP contribution in [0.5, 0.6) is 5.75 Å². The summed E-state index contributed by atoms with van der Waals surface area (Å²) in [6.07, 6.45) is 0.812. The molecule has 0 aliphatic carbocycles. The third-order valence-electron chi connectivity index (χ3n) is 5.16. The van der Waals surface area contributed by atoms with Crippen LogP contribution in [0, 0.1) is 13.8 Å². The van der Waals surface area contributed by atoms with Crippen LogP contribution >= 0.6 is 11.6 Å². The summed E-state index contributed by atoms with van der Waals surface area (Å²) in [5.41, 5.74) is 2.79. The monoisotopic (exact) mass is 430 g/mol. The predicted octanol–water partition coefficient (Wildman–Crippen LogP) is 4.67. The third kappa shape index (κ3) is 6.49. The van der Waals surface area contributed by atoms with Crippen molar-refractivity contribution in [2.75, 3.05) is 6.61 Å². The number of hydrogen-bond acceptors (Lipinski definition) is 3. The molecule has 2 amide bonds. The number of ether oxygens (including phenoxy) is 1. The Kier molecular flexibility index (Phi) is 8.72. The molecule has 0 saturated carbocycles. The van der Waals surface area contributed by atoms with Gasteiger partial charge in [-0.25, -0.2) is 0 Å². The Labute approximate surface area is 184 Å². The summed E-state index contributed by atoms with van der Waals surface area (Å²) in [4.78, 5) is 27.4. The minimum atomic E-state index is -0.662. The maximum atomic E-state index is 13.1. The first kappa shape index (κ1) is 23.7. The average Bonchev–Trinajstić information content (AvgIpc) is 2.72. The molecule has 0 unspecified atom stereocenters. The Bertz CT molecular complexity index is 885. The lowest BCUT2D eigenvalue weighted by Crippen LogP contribution is -2.50. The molecule has 0 saturated heterocycles. The van der Waals surface area contributed by atoms with E-state index >= 15 is 0 Å². The fourth-order valence-corrected chi connectivity index (χ4v) is 3.14. The maximum absolute atomic E-state index is 13.1. The van der Waals surface area contributed by atoms with E-state index in [1.54, 1.807) is 13.0 Å². The fraction of sp³-hybridized carbons (Fsp3) is 0.417. The van der Waals surface area contributed by atoms with Gasteiger partial charge in [-0.2, -0.15) is 0 Å². The SMILES string of the molecule is CC[C@H](C)NC(=O)[C@@H](C)N(Cc1ccccc1Cl)C(=O)COc1cc(C)ccc1C. The van der Waals surface area contributed by atoms with Gasteiger partial charge in [-0.15, -0.1) is 0 Å². The van der Waals surface area contributed by atoms with Crippen LogP contribution in [-0.2, 0) is 16.1 Å². The van der Waals surface area contributed by atoms with Crippen LogP contribution in [0.2, 0.25) is 5.02 Å². The van der Waals surface area contributed by atoms with Gasteiger partial charge in [0.1, 0.15) is 11.8 Å². The summed E-state index contributed by atoms with van der Waals surface area (Å²) in [6, 6.07) is 12.5. The van der Waals surface area contributed by atoms with Crippen molar-refractivity contribution in [1.29, 1.82) is 0 Å². The molecule has 162 valence electrons. The predicted molar refractivity (Wildman–Crippen MR) is 121 cm³/mol. The van der Waals surface area contributed by atoms with E-state index in [4.69, 9.17) is 16.3 Å². The van der Waals surface area contributed by atoms with E-state index in [1.807, 2.05) is 64.1 Å². The van der Waals surface area contributed by atoms with Crippen LogP contribution in [0.4, 0.5) is 0 Å². The number of aryl methyl sites for hydroxylation is 2. The Morgan fingerprint density at radius 2 is 1.83 bits per heavy atom. The average molecular weight is 431 g/mol. The zero-order valence-electron chi connectivity index (χ0n) is 18.4. The Morgan fingerprint density at radius 3 is 2.50 bits per heavy atom. The van der Waals surface area contributed by atoms with Crippen molar-refractivity contribution in [1.82, 2.24) is 10.2 Å². The third-order valence-corrected chi connectivity index (χ3v) is 5.53. The number of amides is 2. The van der Waals surface area contributed by atoms with Crippen LogP contribution in [0.1, 0.15) is 43.9 Å². The second kappa shape index (κ2) is 11.0. The summed E-state index contributed by atoms with van der Waals surface area (Å²) >= 11 is 6.31. The lowest BCUT2D eigenvalue weighted by molar-refractivity contribution is -0.142. The molecular weight excluding hydrogens is 400 g/mol. The van der Waals surface area contributed by atoms with Gasteiger partial charge in [0, 0.05) is 17.6 Å². The van der Waals surface area contributed by atoms with Crippen LogP contribution in [-0.4, -0.2) is 35.4 Å². The number of nitrogens with one attached hydrogen (secondary N) is 1. The second-order valence-electron chi connectivity index (χ2n) is 7.66. The highest BCUT2D eigenvalue weighted by Crippen LogP contribution is 2.21. The van der Waals surface area contributed by atoms with E-state index in [-0.39, 0.29) is 31.0 Å². The summed E-state index contributed by atoms with van der Waals surface area (Å²) in [5.74, 6) is 0.192. The molecule has 6 heteroatoms. The Morgan fingerprint density at radius 1 is 1.13 bits per heavy atom. The molecule has 5 nitrogen and oxygen atoms in total. The standard InChI is InChI=1S/C24H31ClN2O3/c1-6-18(4)26-24(29)19(5)27(14-20-9-7-8-10-21(20)25)23(28)15-30-22-13-16(2)11-12-17(22)3/h7-13,18-19H,6,14-15H2,1-5H3,(H,26,29)/t18-,19+/m0/s1. The van der Waals surface area contributed by atoms with Gasteiger partial charge in [0.05, 0.1) is 0 Å². The molecule has 2 aromatic rings. The smallest absolute Gasteiger partial charge is 0.261 e. The molecular formula is C24H31ClN2O3. The van der Waals surface area contributed by atoms with Gasteiger partial charge in [-0.1, -0.05) is 48.9 Å². The van der Waals surface area contributed by atoms with Crippen LogP contribution in [0.25, 0.3) is 0 Å². The molecule has 0 bridgehead atoms. The van der Waals surface area contributed by atoms with Gasteiger partial charge in [0.15, 0.2) is 6.61 Å². The Hall–Kier alpha value is -2.53. The topological polar surface area (TPSA) is 58.6 Å². The van der Waals surface area contributed by atoms with Gasteiger partial charge in [-0.05, 0) is 62.9 Å². The van der Waals surface area contributed by atoms with Gasteiger partial charge >= 0.3 is 0 Å². The molecule has 2 aromatic carbocycles. The van der Waals surface area contributed by atoms with Crippen molar-refractivity contribution in [3.05, 3.63) is 64.2 Å². The van der Waals surface area contributed by atoms with Crippen LogP contribution in [0.15, 0.2) is 42.5 Å². The summed E-state index contributed by atoms with van der Waals surface area (Å²) < 4.78 is 5.80. The largest absolute Gasteiger partial charge is 0.483 e. The number of carbonyl (C=O) groups excluding carboxylic acids is 2. The highest BCUT2D eigenvalue weighted by Gasteiger charge is 2.27. The normalized spacial score (nSPS) is 12.7. The first-order valence-corrected chi connectivity index (χ1v) is 10.6. The fourth-order valence-electron chi connectivity index (χ4n) is 2.94. The van der Waals surface area contributed by atoms with Gasteiger partial charge in [0.25, 0.3) is 5.91 Å². The Balaban J connectivity index is 2.20. The lowest BCUT2D eigenvalue weighted by Gasteiger charge is -2.30. The quantitative estimate of drug-likeness (QED) is 0.629. The molecule has 0 aliphatic heterocycles. The minimum absolute atomic E-state index is 0.0309. The van der Waals surface area contributed by atoms with Crippen molar-refractivity contribution >= 4 is 23.4 Å². The number of benzene rings is 2. The molecule has 30 heavy (non-hydrogen) atoms. The summed E-state index contributed by atoms with van der Waals surface area (Å²) in [6.45, 7) is 9.64. The number of carbonyl (C=O) groups is 2. The van der Waals surface area contributed by atoms with Crippen LogP contribution < -0.4 is 10.1 Å². The molecule has 0 aromatic heterocycles. The van der Waals surface area contributed by atoms with E-state index in [1.165, 1.54) is 4.90 Å². The van der Waals surface area contributed by atoms with Gasteiger partial charge < -0.3 is 15.0 Å². The maximum Gasteiger partial charge on any atom is 0.261 e. The number of halogens is 1. The molecule has 0 spiro atoms. The summed E-state index contributed by atoms with van der Waals surface area (Å²) in [5, 5.41) is 3.50. The number of rotatable bonds is 9. The molecule has 0 aliphatic rings. The van der Waals surface area contributed by atoms with E-state index < -0.39 is 6.04 Å². The molecule has 0 heterocycles. The van der Waals surface area contributed by atoms with Crippen LogP contribution in [0.3, 0.4) is 0 Å². The highest BCUT2D eigenvalue weighted by molar-refractivity contribution is 6.31. The molecule has 2 rings (SSSR count). The first-order valence-electron chi connectivity index (χ1n) is 10.3. The zero-order valence-corrected chi connectivity index (χ0v) is 19.1. The lowest BCUT2D eigenvalue weighted by atomic mass is 10.1. The zero-order chi connectivity index (χ0) is 22.3. The van der Waals surface area contributed by atoms with Gasteiger partial charge in [0.2, 0.25) is 5.91 Å². The molecule has 2 atom stereocenters. The first-order chi connectivity index (χ1) is 14.2. The number of hydrogen-bond donors (Lipinski definition) is 1. The molecule has 1 N–H and O–H groups in total. The molecule has 0 radical (unpaired) electrons. The van der Waals surface area contributed by atoms with E-state index in [0.29, 0.717) is 10.8 Å². The number of nitrogens with zero attached hydrogens (tertiary/aromatic N) is 1. The minimum Gasteiger partial charge on any atom is -0.483 e. The van der Waals surface area contributed by atoms with Crippen molar-refractivity contribution in [3.8, 4) is 5.75 Å². The van der Waals surface area contributed by atoms with Gasteiger partial charge in [-0.3, -0.25) is 9.59 Å². The van der Waals surface area contributed by atoms with Crippen molar-refractivity contribution < 1.29 is 14.3 Å².